The van der Waals surface area contributed by atoms with Crippen molar-refractivity contribution in [1.82, 2.24) is 19.6 Å². The maximum atomic E-state index is 12.8. The van der Waals surface area contributed by atoms with Crippen LogP contribution in [0.1, 0.15) is 20.8 Å². The Morgan fingerprint density at radius 1 is 1.26 bits per heavy atom. The molecule has 1 atom stereocenters. The second-order valence-corrected chi connectivity index (χ2v) is 7.38. The molecule has 0 saturated carbocycles. The number of carbonyl (C=O) groups excluding carboxylic acids is 2. The normalized spacial score (nSPS) is 17.5. The summed E-state index contributed by atoms with van der Waals surface area (Å²) in [5.41, 5.74) is 1.78. The first-order valence-electron chi connectivity index (χ1n) is 9.32. The van der Waals surface area contributed by atoms with Gasteiger partial charge >= 0.3 is 6.03 Å². The van der Waals surface area contributed by atoms with Crippen LogP contribution in [0.25, 0.3) is 11.3 Å². The number of amides is 3. The number of aryl methyl sites for hydroxylation is 1. The van der Waals surface area contributed by atoms with Crippen molar-refractivity contribution in [2.45, 2.75) is 26.8 Å². The van der Waals surface area contributed by atoms with Crippen LogP contribution in [0.3, 0.4) is 0 Å². The van der Waals surface area contributed by atoms with E-state index in [-0.39, 0.29) is 11.9 Å². The molecule has 1 aromatic heterocycles. The highest BCUT2D eigenvalue weighted by atomic mass is 16.2. The third-order valence-electron chi connectivity index (χ3n) is 4.78. The Balaban J connectivity index is 1.69. The van der Waals surface area contributed by atoms with E-state index in [9.17, 15) is 9.59 Å². The minimum absolute atomic E-state index is 0.0000747. The third-order valence-corrected chi connectivity index (χ3v) is 4.78. The number of nitrogens with zero attached hydrogens (tertiary/aromatic N) is 4. The molecule has 1 fully saturated rings. The lowest BCUT2D eigenvalue weighted by atomic mass is 10.1. The Labute approximate surface area is 159 Å². The summed E-state index contributed by atoms with van der Waals surface area (Å²) in [5, 5.41) is 7.36. The molecule has 0 unspecified atom stereocenters. The van der Waals surface area contributed by atoms with Gasteiger partial charge in [0.25, 0.3) is 0 Å². The minimum Gasteiger partial charge on any atom is -0.339 e. The van der Waals surface area contributed by atoms with E-state index in [1.165, 1.54) is 0 Å². The minimum atomic E-state index is -0.473. The van der Waals surface area contributed by atoms with Crippen molar-refractivity contribution in [3.63, 3.8) is 0 Å². The number of piperazine rings is 1. The van der Waals surface area contributed by atoms with Gasteiger partial charge in [-0.1, -0.05) is 44.2 Å². The molecule has 0 radical (unpaired) electrons. The lowest BCUT2D eigenvalue weighted by Gasteiger charge is -2.39. The molecule has 1 aliphatic rings. The fourth-order valence-electron chi connectivity index (χ4n) is 3.34. The molecule has 1 aromatic carbocycles. The topological polar surface area (TPSA) is 70.5 Å². The van der Waals surface area contributed by atoms with E-state index < -0.39 is 6.04 Å². The standard InChI is InChI=1S/C20H27N5O2/c1-14(2)13-24-10-11-25(15(3)19(24)26)20(27)21-18-12-17(22-23(18)4)16-8-6-5-7-9-16/h5-9,12,14-15H,10-11,13H2,1-4H3,(H,21,27)/t15-/m1/s1. The number of rotatable bonds is 4. The van der Waals surface area contributed by atoms with Gasteiger partial charge < -0.3 is 9.80 Å². The molecule has 1 aliphatic heterocycles. The summed E-state index contributed by atoms with van der Waals surface area (Å²) in [6.45, 7) is 7.77. The van der Waals surface area contributed by atoms with E-state index in [4.69, 9.17) is 0 Å². The summed E-state index contributed by atoms with van der Waals surface area (Å²) in [5.74, 6) is 1.01. The first-order chi connectivity index (χ1) is 12.9. The van der Waals surface area contributed by atoms with E-state index in [0.717, 1.165) is 17.8 Å². The summed E-state index contributed by atoms with van der Waals surface area (Å²) in [4.78, 5) is 28.8. The fourth-order valence-corrected chi connectivity index (χ4v) is 3.34. The number of urea groups is 1. The monoisotopic (exact) mass is 369 g/mol. The summed E-state index contributed by atoms with van der Waals surface area (Å²) < 4.78 is 1.64. The summed E-state index contributed by atoms with van der Waals surface area (Å²) in [6, 6.07) is 10.9. The van der Waals surface area contributed by atoms with Crippen molar-refractivity contribution in [2.24, 2.45) is 13.0 Å². The zero-order chi connectivity index (χ0) is 19.6. The van der Waals surface area contributed by atoms with Crippen molar-refractivity contribution in [2.75, 3.05) is 25.0 Å². The molecule has 27 heavy (non-hydrogen) atoms. The van der Waals surface area contributed by atoms with Gasteiger partial charge in [0, 0.05) is 38.3 Å². The van der Waals surface area contributed by atoms with Gasteiger partial charge in [-0.3, -0.25) is 14.8 Å². The van der Waals surface area contributed by atoms with Crippen molar-refractivity contribution in [3.05, 3.63) is 36.4 Å². The maximum absolute atomic E-state index is 12.8. The van der Waals surface area contributed by atoms with Crippen LogP contribution in [-0.4, -0.2) is 57.2 Å². The largest absolute Gasteiger partial charge is 0.339 e. The smallest absolute Gasteiger partial charge is 0.323 e. The van der Waals surface area contributed by atoms with Crippen LogP contribution in [0.4, 0.5) is 10.6 Å². The Hall–Kier alpha value is -2.83. The SMILES string of the molecule is CC(C)CN1CCN(C(=O)Nc2cc(-c3ccccc3)nn2C)[C@H](C)C1=O. The van der Waals surface area contributed by atoms with Crippen LogP contribution in [0.15, 0.2) is 36.4 Å². The highest BCUT2D eigenvalue weighted by molar-refractivity contribution is 5.94. The van der Waals surface area contributed by atoms with Gasteiger partial charge in [-0.05, 0) is 12.8 Å². The van der Waals surface area contributed by atoms with Crippen LogP contribution >= 0.6 is 0 Å². The number of benzene rings is 1. The van der Waals surface area contributed by atoms with Gasteiger partial charge in [0.1, 0.15) is 11.9 Å². The number of nitrogens with one attached hydrogen (secondary N) is 1. The van der Waals surface area contributed by atoms with Gasteiger partial charge in [0.15, 0.2) is 0 Å². The summed E-state index contributed by atoms with van der Waals surface area (Å²) in [7, 11) is 1.79. The first-order valence-corrected chi connectivity index (χ1v) is 9.32. The highest BCUT2D eigenvalue weighted by Crippen LogP contribution is 2.22. The number of aromatic nitrogens is 2. The summed E-state index contributed by atoms with van der Waals surface area (Å²) >= 11 is 0. The lowest BCUT2D eigenvalue weighted by molar-refractivity contribution is -0.139. The molecule has 0 spiro atoms. The molecule has 7 nitrogen and oxygen atoms in total. The van der Waals surface area contributed by atoms with Crippen LogP contribution in [0.2, 0.25) is 0 Å². The molecular weight excluding hydrogens is 342 g/mol. The van der Waals surface area contributed by atoms with Crippen molar-refractivity contribution >= 4 is 17.8 Å². The zero-order valence-corrected chi connectivity index (χ0v) is 16.3. The maximum Gasteiger partial charge on any atom is 0.323 e. The van der Waals surface area contributed by atoms with Gasteiger partial charge in [-0.25, -0.2) is 4.79 Å². The molecule has 144 valence electrons. The van der Waals surface area contributed by atoms with E-state index in [1.807, 2.05) is 41.3 Å². The molecule has 3 rings (SSSR count). The molecule has 0 bridgehead atoms. The van der Waals surface area contributed by atoms with Gasteiger partial charge in [0.2, 0.25) is 5.91 Å². The van der Waals surface area contributed by atoms with Gasteiger partial charge in [0.05, 0.1) is 5.69 Å². The average Bonchev–Trinajstić information content (AvgIpc) is 3.00. The van der Waals surface area contributed by atoms with Crippen LogP contribution in [-0.2, 0) is 11.8 Å². The van der Waals surface area contributed by atoms with Crippen molar-refractivity contribution in [3.8, 4) is 11.3 Å². The number of anilines is 1. The van der Waals surface area contributed by atoms with Crippen LogP contribution < -0.4 is 5.32 Å². The average molecular weight is 369 g/mol. The molecule has 1 N–H and O–H groups in total. The van der Waals surface area contributed by atoms with Gasteiger partial charge in [-0.2, -0.15) is 5.10 Å². The fraction of sp³-hybridized carbons (Fsp3) is 0.450. The summed E-state index contributed by atoms with van der Waals surface area (Å²) in [6.07, 6.45) is 0. The van der Waals surface area contributed by atoms with Crippen molar-refractivity contribution in [1.29, 1.82) is 0 Å². The van der Waals surface area contributed by atoms with E-state index >= 15 is 0 Å². The molecule has 7 heteroatoms. The number of hydrogen-bond acceptors (Lipinski definition) is 3. The third kappa shape index (κ3) is 4.13. The Bertz CT molecular complexity index is 815. The predicted octanol–water partition coefficient (Wildman–Crippen LogP) is 2.81. The van der Waals surface area contributed by atoms with E-state index in [2.05, 4.69) is 24.3 Å². The predicted molar refractivity (Wildman–Crippen MR) is 105 cm³/mol. The molecule has 3 amide bonds. The second kappa shape index (κ2) is 7.82. The lowest BCUT2D eigenvalue weighted by Crippen LogP contribution is -2.59. The number of hydrogen-bond donors (Lipinski definition) is 1. The quantitative estimate of drug-likeness (QED) is 0.901. The molecule has 2 aromatic rings. The molecule has 2 heterocycles. The second-order valence-electron chi connectivity index (χ2n) is 7.38. The van der Waals surface area contributed by atoms with Crippen LogP contribution in [0, 0.1) is 5.92 Å². The Kier molecular flexibility index (Phi) is 5.48. The Morgan fingerprint density at radius 2 is 1.96 bits per heavy atom. The first kappa shape index (κ1) is 18.9. The highest BCUT2D eigenvalue weighted by Gasteiger charge is 2.34. The Morgan fingerprint density at radius 3 is 2.63 bits per heavy atom. The number of carbonyl (C=O) groups is 2. The molecular formula is C20H27N5O2. The van der Waals surface area contributed by atoms with E-state index in [0.29, 0.717) is 24.8 Å². The van der Waals surface area contributed by atoms with E-state index in [1.54, 1.807) is 23.6 Å². The molecule has 0 aliphatic carbocycles. The van der Waals surface area contributed by atoms with Gasteiger partial charge in [-0.15, -0.1) is 0 Å². The van der Waals surface area contributed by atoms with Crippen LogP contribution in [0.5, 0.6) is 0 Å². The molecule has 1 saturated heterocycles. The van der Waals surface area contributed by atoms with Crippen molar-refractivity contribution < 1.29 is 9.59 Å². The zero-order valence-electron chi connectivity index (χ0n) is 16.3.